The van der Waals surface area contributed by atoms with E-state index in [1.54, 1.807) is 16.7 Å². The minimum atomic E-state index is -0.445. The van der Waals surface area contributed by atoms with Crippen LogP contribution in [0.5, 0.6) is 0 Å². The van der Waals surface area contributed by atoms with Gasteiger partial charge in [0.2, 0.25) is 11.6 Å². The molecule has 0 fully saturated rings. The lowest BCUT2D eigenvalue weighted by molar-refractivity contribution is -0.116. The van der Waals surface area contributed by atoms with Gasteiger partial charge in [-0.3, -0.25) is 18.6 Å². The zero-order valence-electron chi connectivity index (χ0n) is 16.6. The summed E-state index contributed by atoms with van der Waals surface area (Å²) in [4.78, 5) is 25.0. The van der Waals surface area contributed by atoms with Crippen LogP contribution in [-0.4, -0.2) is 25.1 Å². The number of carbonyl (C=O) groups is 1. The Morgan fingerprint density at radius 3 is 2.58 bits per heavy atom. The van der Waals surface area contributed by atoms with E-state index in [9.17, 15) is 18.4 Å². The molecule has 7 nitrogen and oxygen atoms in total. The van der Waals surface area contributed by atoms with Gasteiger partial charge in [0.15, 0.2) is 0 Å². The second-order valence-electron chi connectivity index (χ2n) is 7.33. The predicted octanol–water partition coefficient (Wildman–Crippen LogP) is 3.37. The molecular formula is C22H19F2N5O2. The summed E-state index contributed by atoms with van der Waals surface area (Å²) in [5.74, 6) is -0.568. The van der Waals surface area contributed by atoms with Gasteiger partial charge < -0.3 is 5.32 Å². The zero-order valence-corrected chi connectivity index (χ0v) is 16.6. The summed E-state index contributed by atoms with van der Waals surface area (Å²) in [5, 5.41) is 10.8. The third-order valence-electron chi connectivity index (χ3n) is 4.82. The van der Waals surface area contributed by atoms with Gasteiger partial charge in [0, 0.05) is 30.9 Å². The summed E-state index contributed by atoms with van der Waals surface area (Å²) in [6.45, 7) is 1.89. The normalized spacial score (nSPS) is 12.1. The van der Waals surface area contributed by atoms with Crippen LogP contribution in [0.3, 0.4) is 0 Å². The molecule has 0 saturated heterocycles. The molecule has 4 aromatic rings. The monoisotopic (exact) mass is 423 g/mol. The van der Waals surface area contributed by atoms with Gasteiger partial charge >= 0.3 is 5.56 Å². The van der Waals surface area contributed by atoms with Crippen LogP contribution in [0.25, 0.3) is 11.3 Å². The molecule has 0 aliphatic carbocycles. The van der Waals surface area contributed by atoms with Gasteiger partial charge in [-0.25, -0.2) is 8.78 Å². The average Bonchev–Trinajstić information content (AvgIpc) is 3.13. The quantitative estimate of drug-likeness (QED) is 0.516. The molecule has 0 saturated carbocycles. The first-order chi connectivity index (χ1) is 14.9. The van der Waals surface area contributed by atoms with Crippen molar-refractivity contribution < 1.29 is 13.6 Å². The molecule has 1 unspecified atom stereocenters. The van der Waals surface area contributed by atoms with Crippen molar-refractivity contribution in [1.29, 1.82) is 0 Å². The van der Waals surface area contributed by atoms with E-state index in [1.807, 2.05) is 6.92 Å². The molecule has 158 valence electrons. The molecule has 2 aromatic heterocycles. The number of hydrogen-bond acceptors (Lipinski definition) is 4. The van der Waals surface area contributed by atoms with Crippen LogP contribution in [0, 0.1) is 17.6 Å². The van der Waals surface area contributed by atoms with Gasteiger partial charge in [-0.2, -0.15) is 0 Å². The molecule has 0 aliphatic rings. The summed E-state index contributed by atoms with van der Waals surface area (Å²) in [6, 6.07) is 11.2. The third kappa shape index (κ3) is 4.50. The van der Waals surface area contributed by atoms with Crippen LogP contribution in [0.2, 0.25) is 0 Å². The van der Waals surface area contributed by atoms with Gasteiger partial charge in [0.25, 0.3) is 0 Å². The summed E-state index contributed by atoms with van der Waals surface area (Å²) in [6.07, 6.45) is 3.80. The van der Waals surface area contributed by atoms with E-state index in [4.69, 9.17) is 0 Å². The highest BCUT2D eigenvalue weighted by Gasteiger charge is 2.16. The lowest BCUT2D eigenvalue weighted by Crippen LogP contribution is -2.21. The summed E-state index contributed by atoms with van der Waals surface area (Å²) in [5.41, 5.74) is 0.602. The fraction of sp³-hybridized carbons (Fsp3) is 0.182. The summed E-state index contributed by atoms with van der Waals surface area (Å²) >= 11 is 0. The molecule has 9 heteroatoms. The summed E-state index contributed by atoms with van der Waals surface area (Å²) in [7, 11) is 0. The maximum atomic E-state index is 13.5. The molecule has 1 N–H and O–H groups in total. The predicted molar refractivity (Wildman–Crippen MR) is 111 cm³/mol. The number of anilines is 1. The van der Waals surface area contributed by atoms with Crippen molar-refractivity contribution >= 4 is 17.2 Å². The number of rotatable bonds is 6. The van der Waals surface area contributed by atoms with Crippen molar-refractivity contribution in [2.75, 3.05) is 5.32 Å². The molecule has 0 radical (unpaired) electrons. The number of nitrogens with one attached hydrogen (secondary N) is 1. The Morgan fingerprint density at radius 2 is 1.84 bits per heavy atom. The Hall–Kier alpha value is -3.88. The fourth-order valence-electron chi connectivity index (χ4n) is 3.35. The van der Waals surface area contributed by atoms with Gasteiger partial charge in [-0.05, 0) is 48.4 Å². The highest BCUT2D eigenvalue weighted by atomic mass is 19.1. The van der Waals surface area contributed by atoms with Crippen molar-refractivity contribution in [2.24, 2.45) is 5.92 Å². The van der Waals surface area contributed by atoms with E-state index in [-0.39, 0.29) is 29.7 Å². The van der Waals surface area contributed by atoms with Gasteiger partial charge in [-0.15, -0.1) is 10.2 Å². The SMILES string of the molecule is CC(CC(=O)Nc1ccc(F)cc1)Cc1nnc2c(=O)n(-c3cccc(F)c3)ccn12. The minimum absolute atomic E-state index is 0.0847. The van der Waals surface area contributed by atoms with Crippen molar-refractivity contribution in [2.45, 2.75) is 19.8 Å². The molecule has 0 bridgehead atoms. The number of aromatic nitrogens is 4. The van der Waals surface area contributed by atoms with E-state index < -0.39 is 11.4 Å². The Morgan fingerprint density at radius 1 is 1.06 bits per heavy atom. The van der Waals surface area contributed by atoms with E-state index in [2.05, 4.69) is 15.5 Å². The molecule has 2 aromatic carbocycles. The first-order valence-corrected chi connectivity index (χ1v) is 9.67. The van der Waals surface area contributed by atoms with Crippen LogP contribution < -0.4 is 10.9 Å². The van der Waals surface area contributed by atoms with Crippen LogP contribution in [0.4, 0.5) is 14.5 Å². The molecule has 1 amide bonds. The van der Waals surface area contributed by atoms with Gasteiger partial charge in [0.1, 0.15) is 17.5 Å². The number of nitrogens with zero attached hydrogens (tertiary/aromatic N) is 4. The summed E-state index contributed by atoms with van der Waals surface area (Å²) < 4.78 is 29.4. The van der Waals surface area contributed by atoms with Crippen molar-refractivity contribution in [3.8, 4) is 5.69 Å². The van der Waals surface area contributed by atoms with Crippen molar-refractivity contribution in [3.05, 3.63) is 88.7 Å². The van der Waals surface area contributed by atoms with Crippen LogP contribution in [0.1, 0.15) is 19.2 Å². The topological polar surface area (TPSA) is 81.3 Å². The maximum Gasteiger partial charge on any atom is 0.300 e. The van der Waals surface area contributed by atoms with Crippen LogP contribution >= 0.6 is 0 Å². The zero-order chi connectivity index (χ0) is 22.0. The molecule has 2 heterocycles. The largest absolute Gasteiger partial charge is 0.326 e. The molecule has 0 aliphatic heterocycles. The first kappa shape index (κ1) is 20.4. The lowest BCUT2D eigenvalue weighted by atomic mass is 10.0. The smallest absolute Gasteiger partial charge is 0.300 e. The second kappa shape index (κ2) is 8.47. The van der Waals surface area contributed by atoms with Crippen molar-refractivity contribution in [3.63, 3.8) is 0 Å². The van der Waals surface area contributed by atoms with E-state index in [0.717, 1.165) is 0 Å². The van der Waals surface area contributed by atoms with E-state index >= 15 is 0 Å². The van der Waals surface area contributed by atoms with Gasteiger partial charge in [-0.1, -0.05) is 13.0 Å². The Labute approximate surface area is 176 Å². The Bertz CT molecular complexity index is 1300. The molecule has 4 rings (SSSR count). The Balaban J connectivity index is 1.48. The number of carbonyl (C=O) groups excluding carboxylic acids is 1. The number of halogens is 2. The van der Waals surface area contributed by atoms with Crippen molar-refractivity contribution in [1.82, 2.24) is 19.2 Å². The fourth-order valence-corrected chi connectivity index (χ4v) is 3.35. The highest BCUT2D eigenvalue weighted by molar-refractivity contribution is 5.90. The average molecular weight is 423 g/mol. The molecule has 31 heavy (non-hydrogen) atoms. The molecule has 0 spiro atoms. The molecular weight excluding hydrogens is 404 g/mol. The second-order valence-corrected chi connectivity index (χ2v) is 7.33. The van der Waals surface area contributed by atoms with E-state index in [0.29, 0.717) is 23.6 Å². The minimum Gasteiger partial charge on any atom is -0.326 e. The van der Waals surface area contributed by atoms with Crippen LogP contribution in [-0.2, 0) is 11.2 Å². The number of amides is 1. The third-order valence-corrected chi connectivity index (χ3v) is 4.82. The van der Waals surface area contributed by atoms with Gasteiger partial charge in [0.05, 0.1) is 5.69 Å². The standard InChI is InChI=1S/C22H19F2N5O2/c1-14(12-20(30)25-17-7-5-15(23)6-8-17)11-19-26-27-21-22(31)28(9-10-29(19)21)18-4-2-3-16(24)13-18/h2-10,13-14H,11-12H2,1H3,(H,25,30). The lowest BCUT2D eigenvalue weighted by Gasteiger charge is -2.11. The number of fused-ring (bicyclic) bond motifs is 1. The highest BCUT2D eigenvalue weighted by Crippen LogP contribution is 2.15. The number of hydrogen-bond donors (Lipinski definition) is 1. The Kier molecular flexibility index (Phi) is 5.57. The number of benzene rings is 2. The van der Waals surface area contributed by atoms with E-state index in [1.165, 1.54) is 53.2 Å². The first-order valence-electron chi connectivity index (χ1n) is 9.67. The maximum absolute atomic E-state index is 13.5. The molecule has 1 atom stereocenters. The van der Waals surface area contributed by atoms with Crippen LogP contribution in [0.15, 0.2) is 65.7 Å².